The standard InChI is InChI=1S/C44H29N3/c1-3-11-31(12-4-1)40-29-41(32-13-5-2-6-14-32)46-44(45-40)36-22-21-34-27-33(19-20-35(34)28-36)30-23-25-37(26-24-30)47-42-17-9-7-15-38(42)39-16-8-10-18-43(39)47/h1-29H. The van der Waals surface area contributed by atoms with Crippen LogP contribution >= 0.6 is 0 Å². The molecule has 220 valence electrons. The van der Waals surface area contributed by atoms with Crippen LogP contribution in [0.4, 0.5) is 0 Å². The zero-order valence-electron chi connectivity index (χ0n) is 25.6. The highest BCUT2D eigenvalue weighted by Crippen LogP contribution is 2.34. The minimum atomic E-state index is 0.719. The number of para-hydroxylation sites is 2. The van der Waals surface area contributed by atoms with Gasteiger partial charge in [0.2, 0.25) is 0 Å². The molecule has 0 bridgehead atoms. The molecule has 2 heterocycles. The van der Waals surface area contributed by atoms with Crippen molar-refractivity contribution in [3.05, 3.63) is 176 Å². The molecule has 0 saturated heterocycles. The van der Waals surface area contributed by atoms with Crippen LogP contribution < -0.4 is 0 Å². The molecule has 0 atom stereocenters. The van der Waals surface area contributed by atoms with E-state index in [4.69, 9.17) is 9.97 Å². The summed E-state index contributed by atoms with van der Waals surface area (Å²) in [6, 6.07) is 62.1. The number of rotatable bonds is 5. The SMILES string of the molecule is c1ccc(-c2cc(-c3ccccc3)nc(-c3ccc4cc(-c5ccc(-n6c7ccccc7c7ccccc76)cc5)ccc4c3)n2)cc1. The van der Waals surface area contributed by atoms with E-state index in [-0.39, 0.29) is 0 Å². The van der Waals surface area contributed by atoms with Crippen molar-refractivity contribution >= 4 is 32.6 Å². The number of hydrogen-bond acceptors (Lipinski definition) is 2. The molecule has 0 N–H and O–H groups in total. The lowest BCUT2D eigenvalue weighted by atomic mass is 9.99. The third kappa shape index (κ3) is 4.86. The van der Waals surface area contributed by atoms with Gasteiger partial charge in [-0.3, -0.25) is 0 Å². The van der Waals surface area contributed by atoms with Crippen molar-refractivity contribution in [2.45, 2.75) is 0 Å². The van der Waals surface area contributed by atoms with Crippen molar-refractivity contribution in [1.82, 2.24) is 14.5 Å². The Morgan fingerprint density at radius 3 is 1.38 bits per heavy atom. The molecule has 0 radical (unpaired) electrons. The fourth-order valence-electron chi connectivity index (χ4n) is 6.66. The number of benzene rings is 7. The molecular formula is C44H29N3. The Morgan fingerprint density at radius 2 is 0.809 bits per heavy atom. The quantitative estimate of drug-likeness (QED) is 0.197. The van der Waals surface area contributed by atoms with Crippen molar-refractivity contribution in [2.24, 2.45) is 0 Å². The Balaban J connectivity index is 1.07. The van der Waals surface area contributed by atoms with Gasteiger partial charge in [-0.1, -0.05) is 133 Å². The van der Waals surface area contributed by atoms with E-state index in [9.17, 15) is 0 Å². The van der Waals surface area contributed by atoms with E-state index >= 15 is 0 Å². The van der Waals surface area contributed by atoms with Crippen molar-refractivity contribution in [3.63, 3.8) is 0 Å². The van der Waals surface area contributed by atoms with E-state index in [2.05, 4.69) is 144 Å². The first-order valence-corrected chi connectivity index (χ1v) is 15.9. The maximum Gasteiger partial charge on any atom is 0.160 e. The van der Waals surface area contributed by atoms with Crippen molar-refractivity contribution in [3.8, 4) is 50.7 Å². The summed E-state index contributed by atoms with van der Waals surface area (Å²) in [7, 11) is 0. The summed E-state index contributed by atoms with van der Waals surface area (Å²) >= 11 is 0. The van der Waals surface area contributed by atoms with Gasteiger partial charge in [0.15, 0.2) is 5.82 Å². The van der Waals surface area contributed by atoms with Gasteiger partial charge < -0.3 is 4.57 Å². The maximum atomic E-state index is 5.03. The molecule has 0 saturated carbocycles. The highest BCUT2D eigenvalue weighted by Gasteiger charge is 2.13. The van der Waals surface area contributed by atoms with Gasteiger partial charge in [0, 0.05) is 33.2 Å². The molecule has 7 aromatic carbocycles. The van der Waals surface area contributed by atoms with Crippen molar-refractivity contribution in [2.75, 3.05) is 0 Å². The van der Waals surface area contributed by atoms with Crippen LogP contribution in [0.25, 0.3) is 83.3 Å². The van der Waals surface area contributed by atoms with E-state index < -0.39 is 0 Å². The molecule has 47 heavy (non-hydrogen) atoms. The molecular weight excluding hydrogens is 571 g/mol. The second-order valence-electron chi connectivity index (χ2n) is 11.9. The highest BCUT2D eigenvalue weighted by atomic mass is 15.0. The molecule has 3 nitrogen and oxygen atoms in total. The van der Waals surface area contributed by atoms with Crippen LogP contribution in [0.1, 0.15) is 0 Å². The molecule has 0 amide bonds. The van der Waals surface area contributed by atoms with E-state index in [1.165, 1.54) is 38.3 Å². The lowest BCUT2D eigenvalue weighted by Crippen LogP contribution is -1.96. The highest BCUT2D eigenvalue weighted by molar-refractivity contribution is 6.09. The average molecular weight is 600 g/mol. The van der Waals surface area contributed by atoms with Gasteiger partial charge >= 0.3 is 0 Å². The summed E-state index contributed by atoms with van der Waals surface area (Å²) in [6.07, 6.45) is 0. The molecule has 2 aromatic heterocycles. The summed E-state index contributed by atoms with van der Waals surface area (Å²) in [6.45, 7) is 0. The van der Waals surface area contributed by atoms with Gasteiger partial charge in [0.1, 0.15) is 0 Å². The minimum Gasteiger partial charge on any atom is -0.309 e. The second-order valence-corrected chi connectivity index (χ2v) is 11.9. The molecule has 9 rings (SSSR count). The van der Waals surface area contributed by atoms with Gasteiger partial charge in [-0.2, -0.15) is 0 Å². The number of fused-ring (bicyclic) bond motifs is 4. The third-order valence-corrected chi connectivity index (χ3v) is 9.00. The lowest BCUT2D eigenvalue weighted by Gasteiger charge is -2.11. The number of aromatic nitrogens is 3. The Kier molecular flexibility index (Phi) is 6.46. The van der Waals surface area contributed by atoms with Crippen LogP contribution in [0.5, 0.6) is 0 Å². The minimum absolute atomic E-state index is 0.719. The Hall–Kier alpha value is -6.32. The van der Waals surface area contributed by atoms with Gasteiger partial charge in [-0.15, -0.1) is 0 Å². The summed E-state index contributed by atoms with van der Waals surface area (Å²) < 4.78 is 2.36. The monoisotopic (exact) mass is 599 g/mol. The van der Waals surface area contributed by atoms with E-state index in [0.29, 0.717) is 0 Å². The van der Waals surface area contributed by atoms with E-state index in [1.807, 2.05) is 36.4 Å². The average Bonchev–Trinajstić information content (AvgIpc) is 3.49. The summed E-state index contributed by atoms with van der Waals surface area (Å²) in [5.74, 6) is 0.719. The first kappa shape index (κ1) is 27.0. The first-order chi connectivity index (χ1) is 23.3. The Labute approximate surface area is 273 Å². The summed E-state index contributed by atoms with van der Waals surface area (Å²) in [5, 5.41) is 4.88. The third-order valence-electron chi connectivity index (χ3n) is 9.00. The zero-order chi connectivity index (χ0) is 31.2. The van der Waals surface area contributed by atoms with Gasteiger partial charge in [0.05, 0.1) is 22.4 Å². The largest absolute Gasteiger partial charge is 0.309 e. The van der Waals surface area contributed by atoms with Gasteiger partial charge in [0.25, 0.3) is 0 Å². The van der Waals surface area contributed by atoms with Crippen LogP contribution in [0.15, 0.2) is 176 Å². The molecule has 0 aliphatic carbocycles. The van der Waals surface area contributed by atoms with Crippen LogP contribution in [0, 0.1) is 0 Å². The van der Waals surface area contributed by atoms with Crippen LogP contribution in [0.2, 0.25) is 0 Å². The summed E-state index contributed by atoms with van der Waals surface area (Å²) in [4.78, 5) is 10.1. The van der Waals surface area contributed by atoms with Crippen LogP contribution in [0.3, 0.4) is 0 Å². The molecule has 9 aromatic rings. The molecule has 0 unspecified atom stereocenters. The fraction of sp³-hybridized carbons (Fsp3) is 0. The van der Waals surface area contributed by atoms with Gasteiger partial charge in [-0.25, -0.2) is 9.97 Å². The molecule has 3 heteroatoms. The van der Waals surface area contributed by atoms with E-state index in [0.717, 1.165) is 45.0 Å². The Morgan fingerprint density at radius 1 is 0.340 bits per heavy atom. The smallest absolute Gasteiger partial charge is 0.160 e. The van der Waals surface area contributed by atoms with Gasteiger partial charge in [-0.05, 0) is 64.4 Å². The lowest BCUT2D eigenvalue weighted by molar-refractivity contribution is 1.18. The normalized spacial score (nSPS) is 11.4. The van der Waals surface area contributed by atoms with E-state index in [1.54, 1.807) is 0 Å². The van der Waals surface area contributed by atoms with Crippen LogP contribution in [-0.2, 0) is 0 Å². The topological polar surface area (TPSA) is 30.7 Å². The molecule has 0 aliphatic heterocycles. The maximum absolute atomic E-state index is 5.03. The first-order valence-electron chi connectivity index (χ1n) is 15.9. The molecule has 0 spiro atoms. The molecule has 0 fully saturated rings. The second kappa shape index (κ2) is 11.2. The van der Waals surface area contributed by atoms with Crippen molar-refractivity contribution < 1.29 is 0 Å². The van der Waals surface area contributed by atoms with Crippen molar-refractivity contribution in [1.29, 1.82) is 0 Å². The molecule has 0 aliphatic rings. The summed E-state index contributed by atoms with van der Waals surface area (Å²) in [5.41, 5.74) is 10.9. The number of hydrogen-bond donors (Lipinski definition) is 0. The zero-order valence-corrected chi connectivity index (χ0v) is 25.6. The van der Waals surface area contributed by atoms with Crippen LogP contribution in [-0.4, -0.2) is 14.5 Å². The fourth-order valence-corrected chi connectivity index (χ4v) is 6.66. The Bertz CT molecular complexity index is 2440. The predicted molar refractivity (Wildman–Crippen MR) is 196 cm³/mol. The predicted octanol–water partition coefficient (Wildman–Crippen LogP) is 11.4. The number of nitrogens with zero attached hydrogens (tertiary/aromatic N) is 3.